The van der Waals surface area contributed by atoms with E-state index in [1.54, 1.807) is 0 Å². The van der Waals surface area contributed by atoms with Gasteiger partial charge in [-0.2, -0.15) is 0 Å². The number of ether oxygens (including phenoxy) is 1. The molecular weight excluding hydrogens is 238 g/mol. The molecule has 2 N–H and O–H groups in total. The first-order valence-electron chi connectivity index (χ1n) is 7.25. The van der Waals surface area contributed by atoms with Crippen LogP contribution >= 0.6 is 0 Å². The maximum Gasteiger partial charge on any atom is 0.162 e. The van der Waals surface area contributed by atoms with Gasteiger partial charge in [-0.1, -0.05) is 27.7 Å². The normalized spacial score (nSPS) is 12.1. The molecule has 1 aromatic rings. The largest absolute Gasteiger partial charge is 0.384 e. The van der Waals surface area contributed by atoms with Crippen molar-refractivity contribution in [2.45, 2.75) is 59.5 Å². The van der Waals surface area contributed by atoms with Crippen molar-refractivity contribution in [2.75, 3.05) is 12.3 Å². The molecule has 1 aromatic heterocycles. The van der Waals surface area contributed by atoms with Crippen molar-refractivity contribution in [3.63, 3.8) is 0 Å². The average molecular weight is 265 g/mol. The van der Waals surface area contributed by atoms with Crippen molar-refractivity contribution in [1.29, 1.82) is 0 Å². The minimum absolute atomic E-state index is 0.407. The Morgan fingerprint density at radius 3 is 2.32 bits per heavy atom. The van der Waals surface area contributed by atoms with Crippen LogP contribution in [0.25, 0.3) is 0 Å². The van der Waals surface area contributed by atoms with Gasteiger partial charge in [0, 0.05) is 18.4 Å². The van der Waals surface area contributed by atoms with E-state index in [4.69, 9.17) is 15.5 Å². The number of nitrogen functional groups attached to an aromatic ring is 1. The Morgan fingerprint density at radius 2 is 1.84 bits per heavy atom. The summed E-state index contributed by atoms with van der Waals surface area (Å²) < 4.78 is 5.95. The van der Waals surface area contributed by atoms with Crippen LogP contribution in [0.4, 0.5) is 5.82 Å². The molecule has 0 aromatic carbocycles. The van der Waals surface area contributed by atoms with Crippen molar-refractivity contribution in [2.24, 2.45) is 5.92 Å². The van der Waals surface area contributed by atoms with Gasteiger partial charge in [-0.25, -0.2) is 9.97 Å². The molecule has 0 amide bonds. The molecule has 0 aliphatic heterocycles. The lowest BCUT2D eigenvalue weighted by molar-refractivity contribution is -0.0572. The van der Waals surface area contributed by atoms with E-state index < -0.39 is 5.60 Å². The number of anilines is 1. The van der Waals surface area contributed by atoms with Gasteiger partial charge in [0.15, 0.2) is 5.82 Å². The SMILES string of the molecule is CCOC(CC)(CC)c1nc(N)cc(CC(C)C)n1. The maximum absolute atomic E-state index is 5.95. The number of nitrogens with two attached hydrogens (primary N) is 1. The fourth-order valence-corrected chi connectivity index (χ4v) is 2.36. The van der Waals surface area contributed by atoms with Gasteiger partial charge in [-0.15, -0.1) is 0 Å². The minimum Gasteiger partial charge on any atom is -0.384 e. The van der Waals surface area contributed by atoms with E-state index in [1.807, 2.05) is 13.0 Å². The van der Waals surface area contributed by atoms with Gasteiger partial charge in [-0.05, 0) is 32.1 Å². The van der Waals surface area contributed by atoms with Crippen LogP contribution in [0.3, 0.4) is 0 Å². The summed E-state index contributed by atoms with van der Waals surface area (Å²) in [6.45, 7) is 11.2. The van der Waals surface area contributed by atoms with E-state index in [0.717, 1.165) is 30.8 Å². The molecule has 1 heterocycles. The molecule has 0 aliphatic carbocycles. The van der Waals surface area contributed by atoms with E-state index in [2.05, 4.69) is 32.7 Å². The van der Waals surface area contributed by atoms with Gasteiger partial charge in [-0.3, -0.25) is 0 Å². The third-order valence-corrected chi connectivity index (χ3v) is 3.39. The van der Waals surface area contributed by atoms with Crippen molar-refractivity contribution in [3.05, 3.63) is 17.6 Å². The van der Waals surface area contributed by atoms with Crippen molar-refractivity contribution < 1.29 is 4.74 Å². The topological polar surface area (TPSA) is 61.0 Å². The predicted molar refractivity (Wildman–Crippen MR) is 78.9 cm³/mol. The number of hydrogen-bond acceptors (Lipinski definition) is 4. The molecule has 0 saturated heterocycles. The summed E-state index contributed by atoms with van der Waals surface area (Å²) in [5.74, 6) is 1.81. The van der Waals surface area contributed by atoms with E-state index in [1.165, 1.54) is 0 Å². The molecule has 1 rings (SSSR count). The monoisotopic (exact) mass is 265 g/mol. The zero-order valence-electron chi connectivity index (χ0n) is 12.9. The van der Waals surface area contributed by atoms with Gasteiger partial charge in [0.05, 0.1) is 0 Å². The Balaban J connectivity index is 3.19. The highest BCUT2D eigenvalue weighted by Crippen LogP contribution is 2.31. The lowest BCUT2D eigenvalue weighted by Gasteiger charge is -2.30. The highest BCUT2D eigenvalue weighted by atomic mass is 16.5. The van der Waals surface area contributed by atoms with Crippen LogP contribution in [-0.2, 0) is 16.8 Å². The smallest absolute Gasteiger partial charge is 0.162 e. The van der Waals surface area contributed by atoms with Crippen molar-refractivity contribution in [1.82, 2.24) is 9.97 Å². The van der Waals surface area contributed by atoms with E-state index in [0.29, 0.717) is 18.3 Å². The number of aromatic nitrogens is 2. The Hall–Kier alpha value is -1.16. The predicted octanol–water partition coefficient (Wildman–Crippen LogP) is 3.31. The molecule has 4 heteroatoms. The van der Waals surface area contributed by atoms with E-state index in [-0.39, 0.29) is 0 Å². The summed E-state index contributed by atoms with van der Waals surface area (Å²) in [5.41, 5.74) is 6.53. The first-order chi connectivity index (χ1) is 8.97. The van der Waals surface area contributed by atoms with Crippen LogP contribution < -0.4 is 5.73 Å². The molecule has 0 fully saturated rings. The van der Waals surface area contributed by atoms with Crippen LogP contribution in [0, 0.1) is 5.92 Å². The number of hydrogen-bond donors (Lipinski definition) is 1. The highest BCUT2D eigenvalue weighted by molar-refractivity contribution is 5.31. The zero-order valence-corrected chi connectivity index (χ0v) is 12.9. The molecule has 0 unspecified atom stereocenters. The fourth-order valence-electron chi connectivity index (χ4n) is 2.36. The standard InChI is InChI=1S/C15H27N3O/c1-6-15(7-2,19-8-3)14-17-12(9-11(4)5)10-13(16)18-14/h10-11H,6-9H2,1-5H3,(H2,16,17,18). The summed E-state index contributed by atoms with van der Waals surface area (Å²) in [6, 6.07) is 1.87. The second kappa shape index (κ2) is 6.85. The highest BCUT2D eigenvalue weighted by Gasteiger charge is 2.32. The summed E-state index contributed by atoms with van der Waals surface area (Å²) in [7, 11) is 0. The maximum atomic E-state index is 5.95. The zero-order chi connectivity index (χ0) is 14.5. The average Bonchev–Trinajstić information content (AvgIpc) is 2.34. The van der Waals surface area contributed by atoms with Gasteiger partial charge >= 0.3 is 0 Å². The lowest BCUT2D eigenvalue weighted by atomic mass is 9.95. The molecule has 4 nitrogen and oxygen atoms in total. The van der Waals surface area contributed by atoms with Crippen molar-refractivity contribution in [3.8, 4) is 0 Å². The Morgan fingerprint density at radius 1 is 1.21 bits per heavy atom. The first kappa shape index (κ1) is 15.9. The summed E-state index contributed by atoms with van der Waals surface area (Å²) in [4.78, 5) is 9.11. The third kappa shape index (κ3) is 3.90. The molecular formula is C15H27N3O. The first-order valence-corrected chi connectivity index (χ1v) is 7.25. The molecule has 0 atom stereocenters. The second-order valence-corrected chi connectivity index (χ2v) is 5.34. The number of rotatable bonds is 7. The quantitative estimate of drug-likeness (QED) is 0.821. The van der Waals surface area contributed by atoms with Crippen LogP contribution in [0.2, 0.25) is 0 Å². The Kier molecular flexibility index (Phi) is 5.73. The summed E-state index contributed by atoms with van der Waals surface area (Å²) in [5, 5.41) is 0. The van der Waals surface area contributed by atoms with Crippen molar-refractivity contribution >= 4 is 5.82 Å². The van der Waals surface area contributed by atoms with Crippen LogP contribution in [0.15, 0.2) is 6.07 Å². The molecule has 108 valence electrons. The lowest BCUT2D eigenvalue weighted by Crippen LogP contribution is -2.31. The Bertz CT molecular complexity index is 400. The van der Waals surface area contributed by atoms with E-state index in [9.17, 15) is 0 Å². The minimum atomic E-state index is -0.407. The number of nitrogens with zero attached hydrogens (tertiary/aromatic N) is 2. The molecule has 0 bridgehead atoms. The summed E-state index contributed by atoms with van der Waals surface area (Å²) in [6.07, 6.45) is 2.61. The summed E-state index contributed by atoms with van der Waals surface area (Å²) >= 11 is 0. The molecule has 0 saturated carbocycles. The molecule has 0 spiro atoms. The fraction of sp³-hybridized carbons (Fsp3) is 0.733. The van der Waals surface area contributed by atoms with E-state index >= 15 is 0 Å². The van der Waals surface area contributed by atoms with Gasteiger partial charge in [0.1, 0.15) is 11.4 Å². The Labute approximate surface area is 116 Å². The second-order valence-electron chi connectivity index (χ2n) is 5.34. The molecule has 0 aliphatic rings. The molecule has 0 radical (unpaired) electrons. The third-order valence-electron chi connectivity index (χ3n) is 3.39. The van der Waals surface area contributed by atoms with Gasteiger partial charge in [0.25, 0.3) is 0 Å². The van der Waals surface area contributed by atoms with Crippen LogP contribution in [0.5, 0.6) is 0 Å². The van der Waals surface area contributed by atoms with Crippen LogP contribution in [0.1, 0.15) is 59.0 Å². The van der Waals surface area contributed by atoms with Gasteiger partial charge in [0.2, 0.25) is 0 Å². The molecule has 19 heavy (non-hydrogen) atoms. The van der Waals surface area contributed by atoms with Crippen LogP contribution in [-0.4, -0.2) is 16.6 Å². The van der Waals surface area contributed by atoms with Gasteiger partial charge < -0.3 is 10.5 Å².